The maximum Gasteiger partial charge on any atom is 0.252 e. The second-order valence-electron chi connectivity index (χ2n) is 4.00. The molecule has 0 fully saturated rings. The smallest absolute Gasteiger partial charge is 0.252 e. The van der Waals surface area contributed by atoms with Gasteiger partial charge in [-0.05, 0) is 31.5 Å². The lowest BCUT2D eigenvalue weighted by Gasteiger charge is -2.11. The first kappa shape index (κ1) is 14.2. The molecule has 1 N–H and O–H groups in total. The van der Waals surface area contributed by atoms with Crippen molar-refractivity contribution in [3.63, 3.8) is 0 Å². The number of carbonyl (C=O) groups is 1. The number of nitrogens with one attached hydrogen (secondary N) is 1. The molecule has 0 spiro atoms. The molecule has 5 heteroatoms. The molecule has 2 atom stereocenters. The minimum atomic E-state index is -0.940. The number of carbonyl (C=O) groups excluding carboxylic acids is 1. The Kier molecular flexibility index (Phi) is 5.15. The van der Waals surface area contributed by atoms with Crippen LogP contribution in [0.25, 0.3) is 0 Å². The monoisotopic (exact) mass is 273 g/mol. The summed E-state index contributed by atoms with van der Waals surface area (Å²) in [7, 11) is -0.940. The summed E-state index contributed by atoms with van der Waals surface area (Å²) in [6, 6.07) is 5.28. The first-order valence-corrected chi connectivity index (χ1v) is 7.28. The molecular formula is C12H16ClNO2S. The Morgan fingerprint density at radius 1 is 1.53 bits per heavy atom. The van der Waals surface area contributed by atoms with E-state index in [9.17, 15) is 9.00 Å². The van der Waals surface area contributed by atoms with Gasteiger partial charge >= 0.3 is 0 Å². The van der Waals surface area contributed by atoms with Crippen molar-refractivity contribution in [3.8, 4) is 0 Å². The minimum Gasteiger partial charge on any atom is -0.351 e. The fourth-order valence-corrected chi connectivity index (χ4v) is 1.89. The molecule has 1 amide bonds. The molecule has 2 unspecified atom stereocenters. The molecule has 94 valence electrons. The Morgan fingerprint density at radius 2 is 2.18 bits per heavy atom. The number of benzene rings is 1. The van der Waals surface area contributed by atoms with Crippen molar-refractivity contribution in [2.75, 3.05) is 12.8 Å². The summed E-state index contributed by atoms with van der Waals surface area (Å²) < 4.78 is 11.1. The molecular weight excluding hydrogens is 258 g/mol. The molecule has 1 aromatic carbocycles. The topological polar surface area (TPSA) is 46.2 Å². The van der Waals surface area contributed by atoms with E-state index in [0.717, 1.165) is 5.56 Å². The van der Waals surface area contributed by atoms with Crippen molar-refractivity contribution in [2.24, 2.45) is 0 Å². The van der Waals surface area contributed by atoms with Crippen LogP contribution in [0.3, 0.4) is 0 Å². The van der Waals surface area contributed by atoms with Crippen LogP contribution in [0.1, 0.15) is 22.8 Å². The third-order valence-electron chi connectivity index (χ3n) is 2.49. The van der Waals surface area contributed by atoms with Crippen LogP contribution in [0.2, 0.25) is 5.02 Å². The molecule has 0 saturated heterocycles. The zero-order chi connectivity index (χ0) is 13.0. The number of amides is 1. The number of hydrogen-bond acceptors (Lipinski definition) is 2. The SMILES string of the molecule is Cc1ccc(C(=O)NCC(C)S(C)=O)c(Cl)c1. The average Bonchev–Trinajstić information content (AvgIpc) is 2.25. The van der Waals surface area contributed by atoms with Crippen LogP contribution < -0.4 is 5.32 Å². The van der Waals surface area contributed by atoms with Gasteiger partial charge in [0.15, 0.2) is 0 Å². The van der Waals surface area contributed by atoms with E-state index in [1.165, 1.54) is 0 Å². The van der Waals surface area contributed by atoms with E-state index in [2.05, 4.69) is 5.32 Å². The lowest BCUT2D eigenvalue weighted by Crippen LogP contribution is -2.32. The Balaban J connectivity index is 2.67. The Bertz CT molecular complexity index is 448. The number of halogens is 1. The first-order valence-electron chi connectivity index (χ1n) is 5.28. The summed E-state index contributed by atoms with van der Waals surface area (Å²) in [5.41, 5.74) is 1.46. The van der Waals surface area contributed by atoms with E-state index in [4.69, 9.17) is 11.6 Å². The van der Waals surface area contributed by atoms with Crippen molar-refractivity contribution >= 4 is 28.3 Å². The van der Waals surface area contributed by atoms with Gasteiger partial charge in [0.2, 0.25) is 0 Å². The van der Waals surface area contributed by atoms with E-state index in [0.29, 0.717) is 17.1 Å². The van der Waals surface area contributed by atoms with Crippen LogP contribution >= 0.6 is 11.6 Å². The van der Waals surface area contributed by atoms with E-state index >= 15 is 0 Å². The molecule has 0 aromatic heterocycles. The van der Waals surface area contributed by atoms with Crippen LogP contribution in [-0.2, 0) is 10.8 Å². The second-order valence-corrected chi connectivity index (χ2v) is 6.21. The van der Waals surface area contributed by atoms with Gasteiger partial charge in [0.1, 0.15) is 0 Å². The van der Waals surface area contributed by atoms with Gasteiger partial charge in [0.25, 0.3) is 5.91 Å². The van der Waals surface area contributed by atoms with Gasteiger partial charge in [-0.1, -0.05) is 17.7 Å². The van der Waals surface area contributed by atoms with Gasteiger partial charge in [-0.2, -0.15) is 0 Å². The molecule has 17 heavy (non-hydrogen) atoms. The predicted octanol–water partition coefficient (Wildman–Crippen LogP) is 2.15. The van der Waals surface area contributed by atoms with E-state index in [1.807, 2.05) is 19.9 Å². The van der Waals surface area contributed by atoms with E-state index in [1.54, 1.807) is 18.4 Å². The van der Waals surface area contributed by atoms with Crippen molar-refractivity contribution < 1.29 is 9.00 Å². The van der Waals surface area contributed by atoms with Gasteiger partial charge in [0, 0.05) is 28.9 Å². The molecule has 3 nitrogen and oxygen atoms in total. The molecule has 0 aliphatic rings. The van der Waals surface area contributed by atoms with Crippen molar-refractivity contribution in [1.29, 1.82) is 0 Å². The van der Waals surface area contributed by atoms with Gasteiger partial charge in [0.05, 0.1) is 10.6 Å². The molecule has 0 aliphatic heterocycles. The second kappa shape index (κ2) is 6.17. The highest BCUT2D eigenvalue weighted by Gasteiger charge is 2.12. The van der Waals surface area contributed by atoms with Crippen LogP contribution in [0.5, 0.6) is 0 Å². The molecule has 0 radical (unpaired) electrons. The zero-order valence-electron chi connectivity index (χ0n) is 10.1. The molecule has 0 aliphatic carbocycles. The standard InChI is InChI=1S/C12H16ClNO2S/c1-8-4-5-10(11(13)6-8)12(15)14-7-9(2)17(3)16/h4-6,9H,7H2,1-3H3,(H,14,15). The summed E-state index contributed by atoms with van der Waals surface area (Å²) in [5.74, 6) is -0.229. The van der Waals surface area contributed by atoms with Crippen LogP contribution in [0.15, 0.2) is 18.2 Å². The van der Waals surface area contributed by atoms with Crippen molar-refractivity contribution in [2.45, 2.75) is 19.1 Å². The van der Waals surface area contributed by atoms with Crippen LogP contribution in [0, 0.1) is 6.92 Å². The zero-order valence-corrected chi connectivity index (χ0v) is 11.7. The molecule has 0 heterocycles. The quantitative estimate of drug-likeness (QED) is 0.914. The van der Waals surface area contributed by atoms with Gasteiger partial charge < -0.3 is 5.32 Å². The molecule has 1 aromatic rings. The van der Waals surface area contributed by atoms with Crippen LogP contribution in [0.4, 0.5) is 0 Å². The summed E-state index contributed by atoms with van der Waals surface area (Å²) in [6.45, 7) is 4.12. The normalized spacial score (nSPS) is 14.1. The summed E-state index contributed by atoms with van der Waals surface area (Å²) in [6.07, 6.45) is 1.62. The molecule has 0 saturated carbocycles. The Morgan fingerprint density at radius 3 is 2.71 bits per heavy atom. The van der Waals surface area contributed by atoms with E-state index < -0.39 is 10.8 Å². The number of hydrogen-bond donors (Lipinski definition) is 1. The third-order valence-corrected chi connectivity index (χ3v) is 4.10. The number of aryl methyl sites for hydroxylation is 1. The first-order chi connectivity index (χ1) is 7.91. The lowest BCUT2D eigenvalue weighted by molar-refractivity contribution is 0.0954. The fraction of sp³-hybridized carbons (Fsp3) is 0.417. The molecule has 1 rings (SSSR count). The highest BCUT2D eigenvalue weighted by Crippen LogP contribution is 2.17. The Hall–Kier alpha value is -0.870. The Labute approximate surface area is 109 Å². The predicted molar refractivity (Wildman–Crippen MR) is 72.1 cm³/mol. The molecule has 0 bridgehead atoms. The fourth-order valence-electron chi connectivity index (χ4n) is 1.25. The lowest BCUT2D eigenvalue weighted by atomic mass is 10.1. The van der Waals surface area contributed by atoms with Crippen molar-refractivity contribution in [3.05, 3.63) is 34.3 Å². The van der Waals surface area contributed by atoms with Gasteiger partial charge in [-0.15, -0.1) is 0 Å². The third kappa shape index (κ3) is 4.13. The minimum absolute atomic E-state index is 0.0665. The summed E-state index contributed by atoms with van der Waals surface area (Å²) in [4.78, 5) is 11.8. The largest absolute Gasteiger partial charge is 0.351 e. The highest BCUT2D eigenvalue weighted by atomic mass is 35.5. The van der Waals surface area contributed by atoms with Crippen LogP contribution in [-0.4, -0.2) is 28.2 Å². The van der Waals surface area contributed by atoms with Gasteiger partial charge in [-0.25, -0.2) is 0 Å². The van der Waals surface area contributed by atoms with Crippen molar-refractivity contribution in [1.82, 2.24) is 5.32 Å². The van der Waals surface area contributed by atoms with Gasteiger partial charge in [-0.3, -0.25) is 9.00 Å². The number of rotatable bonds is 4. The average molecular weight is 274 g/mol. The highest BCUT2D eigenvalue weighted by molar-refractivity contribution is 7.84. The van der Waals surface area contributed by atoms with E-state index in [-0.39, 0.29) is 11.2 Å². The summed E-state index contributed by atoms with van der Waals surface area (Å²) in [5, 5.41) is 3.10. The summed E-state index contributed by atoms with van der Waals surface area (Å²) >= 11 is 5.98. The maximum absolute atomic E-state index is 11.8. The maximum atomic E-state index is 11.8.